The molecule has 1 aliphatic heterocycles. The second kappa shape index (κ2) is 3.72. The molecule has 3 heteroatoms. The van der Waals surface area contributed by atoms with Crippen LogP contribution in [0.3, 0.4) is 0 Å². The molecule has 0 aliphatic carbocycles. The number of rotatable bonds is 0. The van der Waals surface area contributed by atoms with E-state index in [4.69, 9.17) is 11.6 Å². The quantitative estimate of drug-likeness (QED) is 0.614. The smallest absolute Gasteiger partial charge is 0.164 e. The summed E-state index contributed by atoms with van der Waals surface area (Å²) in [7, 11) is 0. The van der Waals surface area contributed by atoms with Gasteiger partial charge in [-0.1, -0.05) is 18.2 Å². The second-order valence-corrected chi connectivity index (χ2v) is 5.02. The first-order valence-electron chi connectivity index (χ1n) is 4.20. The van der Waals surface area contributed by atoms with Crippen molar-refractivity contribution in [3.63, 3.8) is 0 Å². The number of Topliss-reactive ketones (excluding diaryl/α,β-unsaturated/α-hetero) is 1. The van der Waals surface area contributed by atoms with E-state index in [0.29, 0.717) is 6.42 Å². The molecule has 0 spiro atoms. The largest absolute Gasteiger partial charge is 0.294 e. The van der Waals surface area contributed by atoms with Gasteiger partial charge in [-0.25, -0.2) is 0 Å². The minimum absolute atomic E-state index is 0.0348. The Bertz CT molecular complexity index is 337. The van der Waals surface area contributed by atoms with Gasteiger partial charge in [0.15, 0.2) is 5.78 Å². The van der Waals surface area contributed by atoms with Gasteiger partial charge in [-0.15, -0.1) is 23.4 Å². The first-order chi connectivity index (χ1) is 6.27. The Kier molecular flexibility index (Phi) is 2.61. The Hall–Kier alpha value is -0.470. The van der Waals surface area contributed by atoms with Crippen LogP contribution in [0, 0.1) is 0 Å². The molecule has 13 heavy (non-hydrogen) atoms. The van der Waals surface area contributed by atoms with Crippen LogP contribution in [0.5, 0.6) is 0 Å². The highest BCUT2D eigenvalue weighted by Gasteiger charge is 2.20. The summed E-state index contributed by atoms with van der Waals surface area (Å²) in [5, 5.41) is 0. The van der Waals surface area contributed by atoms with E-state index < -0.39 is 0 Å². The van der Waals surface area contributed by atoms with Crippen molar-refractivity contribution in [2.75, 3.05) is 0 Å². The zero-order valence-corrected chi connectivity index (χ0v) is 8.57. The van der Waals surface area contributed by atoms with Crippen molar-refractivity contribution in [2.45, 2.75) is 22.4 Å². The average Bonchev–Trinajstić information content (AvgIpc) is 2.27. The Labute approximate surface area is 86.5 Å². The zero-order chi connectivity index (χ0) is 9.26. The Balaban J connectivity index is 2.43. The average molecular weight is 213 g/mol. The topological polar surface area (TPSA) is 17.1 Å². The highest BCUT2D eigenvalue weighted by atomic mass is 35.5. The maximum Gasteiger partial charge on any atom is 0.164 e. The van der Waals surface area contributed by atoms with Crippen molar-refractivity contribution in [2.24, 2.45) is 0 Å². The fourth-order valence-corrected chi connectivity index (χ4v) is 2.75. The molecule has 0 amide bonds. The molecule has 1 aromatic rings. The standard InChI is InChI=1S/C10H9ClOS/c11-10-6-5-8(12)7-3-1-2-4-9(7)13-10/h1-4,10H,5-6H2. The third-order valence-corrected chi connectivity index (χ3v) is 3.63. The number of benzene rings is 1. The molecule has 0 radical (unpaired) electrons. The van der Waals surface area contributed by atoms with E-state index in [2.05, 4.69) is 0 Å². The van der Waals surface area contributed by atoms with Crippen LogP contribution < -0.4 is 0 Å². The summed E-state index contributed by atoms with van der Waals surface area (Å²) < 4.78 is 0.0348. The number of ketones is 1. The van der Waals surface area contributed by atoms with E-state index in [1.54, 1.807) is 11.8 Å². The van der Waals surface area contributed by atoms with Gasteiger partial charge >= 0.3 is 0 Å². The summed E-state index contributed by atoms with van der Waals surface area (Å²) in [5.74, 6) is 0.214. The molecule has 68 valence electrons. The van der Waals surface area contributed by atoms with Gasteiger partial charge in [-0.05, 0) is 12.5 Å². The van der Waals surface area contributed by atoms with Crippen LogP contribution in [0.15, 0.2) is 29.2 Å². The number of alkyl halides is 1. The van der Waals surface area contributed by atoms with Crippen LogP contribution >= 0.6 is 23.4 Å². The molecule has 2 rings (SSSR count). The number of fused-ring (bicyclic) bond motifs is 1. The first kappa shape index (κ1) is 9.10. The summed E-state index contributed by atoms with van der Waals surface area (Å²) in [6.07, 6.45) is 1.33. The lowest BCUT2D eigenvalue weighted by Crippen LogP contribution is -1.98. The Morgan fingerprint density at radius 2 is 2.15 bits per heavy atom. The fourth-order valence-electron chi connectivity index (χ4n) is 1.38. The van der Waals surface area contributed by atoms with Crippen molar-refractivity contribution in [1.29, 1.82) is 0 Å². The summed E-state index contributed by atoms with van der Waals surface area (Å²) in [6.45, 7) is 0. The third kappa shape index (κ3) is 1.89. The molecule has 1 unspecified atom stereocenters. The Morgan fingerprint density at radius 1 is 1.38 bits per heavy atom. The SMILES string of the molecule is O=C1CCC(Cl)Sc2ccccc21. The molecule has 1 aliphatic rings. The molecule has 1 nitrogen and oxygen atoms in total. The third-order valence-electron chi connectivity index (χ3n) is 2.04. The maximum absolute atomic E-state index is 11.6. The number of thioether (sulfide) groups is 1. The molecule has 0 fully saturated rings. The van der Waals surface area contributed by atoms with Crippen molar-refractivity contribution < 1.29 is 4.79 Å². The van der Waals surface area contributed by atoms with Gasteiger partial charge in [-0.3, -0.25) is 4.79 Å². The van der Waals surface area contributed by atoms with Crippen LogP contribution in [-0.2, 0) is 0 Å². The molecule has 1 heterocycles. The molecule has 0 saturated carbocycles. The van der Waals surface area contributed by atoms with E-state index >= 15 is 0 Å². The van der Waals surface area contributed by atoms with Gasteiger partial charge < -0.3 is 0 Å². The molecule has 0 N–H and O–H groups in total. The van der Waals surface area contributed by atoms with Crippen LogP contribution in [0.25, 0.3) is 0 Å². The number of hydrogen-bond donors (Lipinski definition) is 0. The van der Waals surface area contributed by atoms with Crippen LogP contribution in [0.1, 0.15) is 23.2 Å². The number of carbonyl (C=O) groups is 1. The predicted octanol–water partition coefficient (Wildman–Crippen LogP) is 3.32. The van der Waals surface area contributed by atoms with Crippen molar-refractivity contribution in [1.82, 2.24) is 0 Å². The van der Waals surface area contributed by atoms with Crippen LogP contribution in [0.2, 0.25) is 0 Å². The van der Waals surface area contributed by atoms with E-state index in [0.717, 1.165) is 16.9 Å². The summed E-state index contributed by atoms with van der Waals surface area (Å²) >= 11 is 7.61. The number of hydrogen-bond acceptors (Lipinski definition) is 2. The fraction of sp³-hybridized carbons (Fsp3) is 0.300. The van der Waals surface area contributed by atoms with Gasteiger partial charge in [0.2, 0.25) is 0 Å². The molecule has 1 atom stereocenters. The van der Waals surface area contributed by atoms with Gasteiger partial charge in [0.25, 0.3) is 0 Å². The van der Waals surface area contributed by atoms with Gasteiger partial charge in [0.1, 0.15) is 0 Å². The van der Waals surface area contributed by atoms with E-state index in [1.807, 2.05) is 24.3 Å². The zero-order valence-electron chi connectivity index (χ0n) is 7.00. The Morgan fingerprint density at radius 3 is 3.00 bits per heavy atom. The number of halogens is 1. The molecule has 1 aromatic carbocycles. The minimum Gasteiger partial charge on any atom is -0.294 e. The lowest BCUT2D eigenvalue weighted by atomic mass is 10.1. The highest BCUT2D eigenvalue weighted by molar-refractivity contribution is 8.01. The molecule has 0 bridgehead atoms. The van der Waals surface area contributed by atoms with Gasteiger partial charge in [0.05, 0.1) is 4.71 Å². The summed E-state index contributed by atoms with van der Waals surface area (Å²) in [5.41, 5.74) is 0.829. The normalized spacial score (nSPS) is 22.2. The van der Waals surface area contributed by atoms with Crippen LogP contribution in [-0.4, -0.2) is 10.5 Å². The molecule has 0 saturated heterocycles. The van der Waals surface area contributed by atoms with Gasteiger partial charge in [-0.2, -0.15) is 0 Å². The first-order valence-corrected chi connectivity index (χ1v) is 5.52. The predicted molar refractivity (Wildman–Crippen MR) is 55.5 cm³/mol. The minimum atomic E-state index is 0.0348. The lowest BCUT2D eigenvalue weighted by molar-refractivity contribution is 0.0979. The van der Waals surface area contributed by atoms with Gasteiger partial charge in [0, 0.05) is 16.9 Å². The summed E-state index contributed by atoms with van der Waals surface area (Å²) in [4.78, 5) is 12.6. The highest BCUT2D eigenvalue weighted by Crippen LogP contribution is 2.35. The van der Waals surface area contributed by atoms with Crippen molar-refractivity contribution >= 4 is 29.1 Å². The maximum atomic E-state index is 11.6. The number of carbonyl (C=O) groups excluding carboxylic acids is 1. The molecule has 0 aromatic heterocycles. The second-order valence-electron chi connectivity index (χ2n) is 2.99. The summed E-state index contributed by atoms with van der Waals surface area (Å²) in [6, 6.07) is 7.66. The molecular weight excluding hydrogens is 204 g/mol. The lowest BCUT2D eigenvalue weighted by Gasteiger charge is -2.04. The van der Waals surface area contributed by atoms with E-state index in [9.17, 15) is 4.79 Å². The van der Waals surface area contributed by atoms with Crippen molar-refractivity contribution in [3.05, 3.63) is 29.8 Å². The van der Waals surface area contributed by atoms with E-state index in [1.165, 1.54) is 0 Å². The van der Waals surface area contributed by atoms with E-state index in [-0.39, 0.29) is 10.5 Å². The van der Waals surface area contributed by atoms with Crippen molar-refractivity contribution in [3.8, 4) is 0 Å². The van der Waals surface area contributed by atoms with Crippen LogP contribution in [0.4, 0.5) is 0 Å². The monoisotopic (exact) mass is 212 g/mol. The molecular formula is C10H9ClOS.